The molecule has 0 radical (unpaired) electrons. The number of hydrogen-bond acceptors (Lipinski definition) is 2. The van der Waals surface area contributed by atoms with Crippen LogP contribution in [0.3, 0.4) is 0 Å². The second-order valence-corrected chi connectivity index (χ2v) is 7.89. The van der Waals surface area contributed by atoms with Gasteiger partial charge in [-0.25, -0.2) is 23.1 Å². The van der Waals surface area contributed by atoms with Crippen molar-refractivity contribution in [1.29, 1.82) is 0 Å². The van der Waals surface area contributed by atoms with Crippen LogP contribution >= 0.6 is 0 Å². The van der Waals surface area contributed by atoms with Crippen molar-refractivity contribution in [2.45, 2.75) is 58.3 Å². The van der Waals surface area contributed by atoms with Gasteiger partial charge in [0, 0.05) is 23.9 Å². The summed E-state index contributed by atoms with van der Waals surface area (Å²) in [5, 5.41) is 0. The average molecular weight is 412 g/mol. The first kappa shape index (κ1) is 22.1. The standard InChI is InChI=1S/C25H27F3N2/c1-2-3-4-5-20-16-29-25(30-17-20)21-14-23(27)22(24(28)15-21)11-10-18-6-8-19(9-7-18)12-13-26/h12-19H,2-9H2,1H3. The largest absolute Gasteiger partial charge is 0.236 e. The smallest absolute Gasteiger partial charge is 0.159 e. The lowest BCUT2D eigenvalue weighted by Crippen LogP contribution is -2.11. The molecule has 1 aromatic carbocycles. The predicted octanol–water partition coefficient (Wildman–Crippen LogP) is 6.80. The van der Waals surface area contributed by atoms with Gasteiger partial charge in [-0.05, 0) is 62.1 Å². The number of aromatic nitrogens is 2. The minimum absolute atomic E-state index is 0.0799. The van der Waals surface area contributed by atoms with E-state index in [0.29, 0.717) is 17.7 Å². The summed E-state index contributed by atoms with van der Waals surface area (Å²) in [6, 6.07) is 2.48. The lowest BCUT2D eigenvalue weighted by molar-refractivity contribution is 0.362. The van der Waals surface area contributed by atoms with E-state index in [4.69, 9.17) is 0 Å². The molecule has 0 amide bonds. The number of halogens is 3. The van der Waals surface area contributed by atoms with Gasteiger partial charge in [-0.3, -0.25) is 0 Å². The van der Waals surface area contributed by atoms with Crippen LogP contribution in [0.15, 0.2) is 36.9 Å². The van der Waals surface area contributed by atoms with Gasteiger partial charge in [-0.15, -0.1) is 0 Å². The Kier molecular flexibility index (Phi) is 8.07. The first-order chi connectivity index (χ1) is 14.6. The minimum Gasteiger partial charge on any atom is -0.236 e. The highest BCUT2D eigenvalue weighted by Gasteiger charge is 2.18. The highest BCUT2D eigenvalue weighted by atomic mass is 19.1. The molecule has 1 aromatic heterocycles. The topological polar surface area (TPSA) is 25.8 Å². The first-order valence-corrected chi connectivity index (χ1v) is 10.7. The zero-order valence-corrected chi connectivity index (χ0v) is 17.3. The Labute approximate surface area is 176 Å². The number of unbranched alkanes of at least 4 members (excludes halogenated alkanes) is 2. The van der Waals surface area contributed by atoms with Gasteiger partial charge < -0.3 is 0 Å². The van der Waals surface area contributed by atoms with Gasteiger partial charge in [-0.2, -0.15) is 0 Å². The van der Waals surface area contributed by atoms with Crippen LogP contribution in [0.1, 0.15) is 63.0 Å². The summed E-state index contributed by atoms with van der Waals surface area (Å²) < 4.78 is 41.4. The number of nitrogens with zero attached hydrogens (tertiary/aromatic N) is 2. The molecule has 0 N–H and O–H groups in total. The van der Waals surface area contributed by atoms with Crippen LogP contribution in [0.5, 0.6) is 0 Å². The quantitative estimate of drug-likeness (QED) is 0.385. The van der Waals surface area contributed by atoms with Crippen LogP contribution in [-0.4, -0.2) is 9.97 Å². The fraction of sp³-hybridized carbons (Fsp3) is 0.440. The molecule has 158 valence electrons. The maximum atomic E-state index is 14.5. The summed E-state index contributed by atoms with van der Waals surface area (Å²) in [4.78, 5) is 8.54. The molecule has 0 unspecified atom stereocenters. The summed E-state index contributed by atoms with van der Waals surface area (Å²) in [6.45, 7) is 2.15. The van der Waals surface area contributed by atoms with E-state index < -0.39 is 11.6 Å². The van der Waals surface area contributed by atoms with Gasteiger partial charge in [0.15, 0.2) is 5.82 Å². The van der Waals surface area contributed by atoms with E-state index in [1.807, 2.05) is 0 Å². The van der Waals surface area contributed by atoms with Crippen molar-refractivity contribution in [1.82, 2.24) is 9.97 Å². The normalized spacial score (nSPS) is 18.9. The maximum Gasteiger partial charge on any atom is 0.159 e. The van der Waals surface area contributed by atoms with Gasteiger partial charge in [0.25, 0.3) is 0 Å². The highest BCUT2D eigenvalue weighted by Crippen LogP contribution is 2.29. The summed E-state index contributed by atoms with van der Waals surface area (Å²) >= 11 is 0. The number of rotatable bonds is 6. The van der Waals surface area contributed by atoms with Crippen molar-refractivity contribution in [3.63, 3.8) is 0 Å². The second-order valence-electron chi connectivity index (χ2n) is 7.89. The van der Waals surface area contributed by atoms with Crippen molar-refractivity contribution in [2.24, 2.45) is 11.8 Å². The molecule has 0 atom stereocenters. The van der Waals surface area contributed by atoms with Crippen LogP contribution in [-0.2, 0) is 6.42 Å². The lowest BCUT2D eigenvalue weighted by atomic mass is 9.82. The number of hydrogen-bond donors (Lipinski definition) is 0. The molecule has 1 aliphatic carbocycles. The van der Waals surface area contributed by atoms with Crippen LogP contribution < -0.4 is 0 Å². The molecule has 0 bridgehead atoms. The van der Waals surface area contributed by atoms with Crippen LogP contribution in [0.4, 0.5) is 13.2 Å². The number of aryl methyl sites for hydroxylation is 1. The average Bonchev–Trinajstić information content (AvgIpc) is 2.75. The molecule has 2 nitrogen and oxygen atoms in total. The van der Waals surface area contributed by atoms with E-state index in [1.165, 1.54) is 12.1 Å². The Morgan fingerprint density at radius 1 is 1.03 bits per heavy atom. The molecule has 0 spiro atoms. The summed E-state index contributed by atoms with van der Waals surface area (Å²) in [5.41, 5.74) is 1.10. The SMILES string of the molecule is CCCCCc1cnc(-c2cc(F)c(C#CC3CCC(C=CF)CC3)c(F)c2)nc1. The lowest BCUT2D eigenvalue weighted by Gasteiger charge is -2.22. The van der Waals surface area contributed by atoms with Gasteiger partial charge >= 0.3 is 0 Å². The van der Waals surface area contributed by atoms with E-state index in [0.717, 1.165) is 56.9 Å². The predicted molar refractivity (Wildman–Crippen MR) is 113 cm³/mol. The third kappa shape index (κ3) is 5.95. The molecule has 2 aromatic rings. The molecule has 1 fully saturated rings. The third-order valence-corrected chi connectivity index (χ3v) is 5.59. The van der Waals surface area contributed by atoms with E-state index in [9.17, 15) is 13.2 Å². The molecular weight excluding hydrogens is 385 g/mol. The zero-order valence-electron chi connectivity index (χ0n) is 17.3. The fourth-order valence-electron chi connectivity index (χ4n) is 3.77. The maximum absolute atomic E-state index is 14.5. The van der Waals surface area contributed by atoms with Gasteiger partial charge in [0.1, 0.15) is 11.6 Å². The van der Waals surface area contributed by atoms with Crippen LogP contribution in [0.2, 0.25) is 0 Å². The van der Waals surface area contributed by atoms with E-state index in [2.05, 4.69) is 28.7 Å². The molecule has 3 rings (SSSR count). The van der Waals surface area contributed by atoms with Crippen molar-refractivity contribution in [3.05, 3.63) is 59.7 Å². The number of allylic oxidation sites excluding steroid dienone is 1. The van der Waals surface area contributed by atoms with E-state index >= 15 is 0 Å². The third-order valence-electron chi connectivity index (χ3n) is 5.59. The molecule has 1 heterocycles. The Morgan fingerprint density at radius 3 is 2.30 bits per heavy atom. The van der Waals surface area contributed by atoms with E-state index in [-0.39, 0.29) is 17.4 Å². The molecule has 1 aliphatic rings. The zero-order chi connectivity index (χ0) is 21.3. The monoisotopic (exact) mass is 412 g/mol. The highest BCUT2D eigenvalue weighted by molar-refractivity contribution is 5.57. The molecule has 5 heteroatoms. The van der Waals surface area contributed by atoms with Gasteiger partial charge in [0.05, 0.1) is 11.9 Å². The molecule has 1 saturated carbocycles. The van der Waals surface area contributed by atoms with Gasteiger partial charge in [-0.1, -0.05) is 37.7 Å². The van der Waals surface area contributed by atoms with Gasteiger partial charge in [0.2, 0.25) is 0 Å². The van der Waals surface area contributed by atoms with Crippen molar-refractivity contribution in [2.75, 3.05) is 0 Å². The molecular formula is C25H27F3N2. The Morgan fingerprint density at radius 2 is 1.70 bits per heavy atom. The minimum atomic E-state index is -0.706. The molecule has 0 aliphatic heterocycles. The Hall–Kier alpha value is -2.61. The van der Waals surface area contributed by atoms with Crippen LogP contribution in [0, 0.1) is 35.3 Å². The van der Waals surface area contributed by atoms with Crippen molar-refractivity contribution < 1.29 is 13.2 Å². The Bertz CT molecular complexity index is 895. The molecule has 30 heavy (non-hydrogen) atoms. The fourth-order valence-corrected chi connectivity index (χ4v) is 3.77. The molecule has 0 saturated heterocycles. The van der Waals surface area contributed by atoms with E-state index in [1.54, 1.807) is 18.5 Å². The Balaban J connectivity index is 1.69. The first-order valence-electron chi connectivity index (χ1n) is 10.7. The second kappa shape index (κ2) is 11.0. The van der Waals surface area contributed by atoms with Crippen molar-refractivity contribution >= 4 is 0 Å². The van der Waals surface area contributed by atoms with Crippen LogP contribution in [0.25, 0.3) is 11.4 Å². The number of benzene rings is 1. The summed E-state index contributed by atoms with van der Waals surface area (Å²) in [7, 11) is 0. The summed E-state index contributed by atoms with van der Waals surface area (Å²) in [5.74, 6) is 4.87. The van der Waals surface area contributed by atoms with Crippen molar-refractivity contribution in [3.8, 4) is 23.2 Å². The summed E-state index contributed by atoms with van der Waals surface area (Å²) in [6.07, 6.45) is 13.2.